The van der Waals surface area contributed by atoms with Crippen molar-refractivity contribution < 1.29 is 14.5 Å². The van der Waals surface area contributed by atoms with Crippen LogP contribution in [0.5, 0.6) is 5.75 Å². The molecule has 0 atom stereocenters. The third-order valence-corrected chi connectivity index (χ3v) is 6.21. The van der Waals surface area contributed by atoms with Crippen molar-refractivity contribution in [2.24, 2.45) is 0 Å². The lowest BCUT2D eigenvalue weighted by molar-refractivity contribution is -0.345. The number of hydrogen-bond acceptors (Lipinski definition) is 6. The van der Waals surface area contributed by atoms with Crippen LogP contribution in [0.3, 0.4) is 0 Å². The molecule has 0 amide bonds. The molecule has 0 unspecified atom stereocenters. The van der Waals surface area contributed by atoms with Crippen LogP contribution in [-0.2, 0) is 17.8 Å². The minimum atomic E-state index is -0.230. The van der Waals surface area contributed by atoms with Crippen LogP contribution < -0.4 is 15.4 Å². The number of rotatable bonds is 6. The summed E-state index contributed by atoms with van der Waals surface area (Å²) in [7, 11) is 3.42. The number of aromatic nitrogens is 5. The molecule has 0 saturated carbocycles. The average Bonchev–Trinajstić information content (AvgIpc) is 3.33. The average molecular weight is 436 g/mol. The Kier molecular flexibility index (Phi) is 5.59. The van der Waals surface area contributed by atoms with Gasteiger partial charge in [-0.1, -0.05) is 12.1 Å². The molecule has 166 valence electrons. The number of aromatic amines is 1. The van der Waals surface area contributed by atoms with Gasteiger partial charge in [0, 0.05) is 38.0 Å². The number of nitrogens with zero attached hydrogens (tertiary/aromatic N) is 5. The zero-order valence-corrected chi connectivity index (χ0v) is 18.3. The first-order chi connectivity index (χ1) is 15.7. The summed E-state index contributed by atoms with van der Waals surface area (Å²) in [5.41, 5.74) is 3.16. The van der Waals surface area contributed by atoms with Crippen molar-refractivity contribution in [1.82, 2.24) is 24.1 Å². The predicted octanol–water partition coefficient (Wildman–Crippen LogP) is 1.53. The molecule has 1 aliphatic rings. The fourth-order valence-electron chi connectivity index (χ4n) is 4.40. The molecular weight excluding hydrogens is 408 g/mol. The number of likely N-dealkylation sites (tertiary alicyclic amines) is 1. The smallest absolute Gasteiger partial charge is 0.425 e. The van der Waals surface area contributed by atoms with E-state index in [2.05, 4.69) is 21.0 Å². The molecule has 0 radical (unpaired) electrons. The minimum absolute atomic E-state index is 0.230. The third kappa shape index (κ3) is 3.85. The van der Waals surface area contributed by atoms with E-state index in [1.807, 2.05) is 30.5 Å². The molecular formula is C23H27N6O3+. The number of fused-ring (bicyclic) bond motifs is 3. The molecule has 0 bridgehead atoms. The lowest BCUT2D eigenvalue weighted by Gasteiger charge is -2.31. The number of nitrogens with one attached hydrogen (secondary N) is 1. The van der Waals surface area contributed by atoms with Crippen LogP contribution in [0.4, 0.5) is 0 Å². The number of piperidine rings is 1. The second-order valence-corrected chi connectivity index (χ2v) is 8.19. The third-order valence-electron chi connectivity index (χ3n) is 6.21. The van der Waals surface area contributed by atoms with Crippen molar-refractivity contribution in [3.05, 3.63) is 64.5 Å². The van der Waals surface area contributed by atoms with Crippen LogP contribution in [0.2, 0.25) is 0 Å². The van der Waals surface area contributed by atoms with Gasteiger partial charge >= 0.3 is 5.69 Å². The molecule has 0 spiro atoms. The van der Waals surface area contributed by atoms with Crippen molar-refractivity contribution in [1.29, 1.82) is 0 Å². The number of hydrogen-bond donors (Lipinski definition) is 0. The zero-order valence-electron chi connectivity index (χ0n) is 18.3. The highest BCUT2D eigenvalue weighted by Gasteiger charge is 2.22. The Morgan fingerprint density at radius 3 is 2.59 bits per heavy atom. The highest BCUT2D eigenvalue weighted by molar-refractivity contribution is 5.87. The topological polar surface area (TPSA) is 88.0 Å². The number of benzene rings is 1. The summed E-state index contributed by atoms with van der Waals surface area (Å²) in [6.07, 6.45) is 5.85. The Morgan fingerprint density at radius 2 is 1.88 bits per heavy atom. The van der Waals surface area contributed by atoms with Crippen molar-refractivity contribution in [2.45, 2.75) is 32.0 Å². The zero-order chi connectivity index (χ0) is 22.1. The van der Waals surface area contributed by atoms with Gasteiger partial charge in [0.2, 0.25) is 0 Å². The first-order valence-electron chi connectivity index (χ1n) is 10.8. The molecule has 1 N–H and O–H groups in total. The van der Waals surface area contributed by atoms with E-state index in [0.29, 0.717) is 23.9 Å². The fourth-order valence-corrected chi connectivity index (χ4v) is 4.40. The van der Waals surface area contributed by atoms with Crippen LogP contribution >= 0.6 is 0 Å². The van der Waals surface area contributed by atoms with E-state index in [0.717, 1.165) is 54.7 Å². The summed E-state index contributed by atoms with van der Waals surface area (Å²) in [6, 6.07) is 9.80. The van der Waals surface area contributed by atoms with Crippen LogP contribution in [-0.4, -0.2) is 57.5 Å². The van der Waals surface area contributed by atoms with Gasteiger partial charge in [0.05, 0.1) is 25.1 Å². The maximum atomic E-state index is 13.2. The predicted molar refractivity (Wildman–Crippen MR) is 119 cm³/mol. The van der Waals surface area contributed by atoms with Gasteiger partial charge in [-0.25, -0.2) is 14.8 Å². The number of H-pyrrole nitrogens is 1. The largest absolute Gasteiger partial charge is 0.497 e. The molecule has 4 aromatic rings. The molecule has 0 aliphatic carbocycles. The molecule has 9 nitrogen and oxygen atoms in total. The summed E-state index contributed by atoms with van der Waals surface area (Å²) in [5, 5.41) is 5.09. The highest BCUT2D eigenvalue weighted by Crippen LogP contribution is 2.20. The Balaban J connectivity index is 1.51. The summed E-state index contributed by atoms with van der Waals surface area (Å²) in [6.45, 7) is 3.22. The normalized spacial score (nSPS) is 15.6. The van der Waals surface area contributed by atoms with Crippen molar-refractivity contribution in [2.75, 3.05) is 27.3 Å². The van der Waals surface area contributed by atoms with Gasteiger partial charge in [-0.15, -0.1) is 0 Å². The van der Waals surface area contributed by atoms with E-state index >= 15 is 0 Å². The van der Waals surface area contributed by atoms with E-state index in [1.165, 1.54) is 10.8 Å². The number of pyridine rings is 1. The van der Waals surface area contributed by atoms with Gasteiger partial charge in [-0.2, -0.15) is 0 Å². The maximum Gasteiger partial charge on any atom is 0.425 e. The summed E-state index contributed by atoms with van der Waals surface area (Å²) in [5.74, 6) is 0.778. The van der Waals surface area contributed by atoms with Gasteiger partial charge in [-0.05, 0) is 46.7 Å². The minimum Gasteiger partial charge on any atom is -0.497 e. The Bertz CT molecular complexity index is 1290. The highest BCUT2D eigenvalue weighted by atomic mass is 16.5. The molecule has 1 fully saturated rings. The first-order valence-corrected chi connectivity index (χ1v) is 10.8. The van der Waals surface area contributed by atoms with Crippen LogP contribution in [0, 0.1) is 0 Å². The monoisotopic (exact) mass is 435 g/mol. The van der Waals surface area contributed by atoms with E-state index in [9.17, 15) is 4.79 Å². The molecule has 1 saturated heterocycles. The standard InChI is InChI=1S/C23H26N6O3/c1-31-18-5-3-16(4-6-18)14-28-21-20(22-25-15-26-29(22)23(28)30)11-17(12-24-21)13-27-9-7-19(32-2)8-10-27/h3-6,11-12,15,19H,7-10,13-14H2,1-2H3/p+1. The van der Waals surface area contributed by atoms with Crippen molar-refractivity contribution in [3.63, 3.8) is 0 Å². The Hall–Kier alpha value is -3.30. The van der Waals surface area contributed by atoms with Gasteiger partial charge in [0.25, 0.3) is 12.0 Å². The van der Waals surface area contributed by atoms with Gasteiger partial charge in [0.1, 0.15) is 5.75 Å². The van der Waals surface area contributed by atoms with Crippen molar-refractivity contribution >= 4 is 16.7 Å². The van der Waals surface area contributed by atoms with E-state index in [4.69, 9.17) is 14.5 Å². The molecule has 1 aliphatic heterocycles. The fraction of sp³-hybridized carbons (Fsp3) is 0.391. The number of ether oxygens (including phenoxy) is 2. The molecule has 3 aromatic heterocycles. The lowest BCUT2D eigenvalue weighted by atomic mass is 10.1. The van der Waals surface area contributed by atoms with E-state index in [-0.39, 0.29) is 5.69 Å². The van der Waals surface area contributed by atoms with Gasteiger partial charge in [0.15, 0.2) is 5.65 Å². The Labute approximate surface area is 185 Å². The summed E-state index contributed by atoms with van der Waals surface area (Å²) in [4.78, 5) is 23.4. The van der Waals surface area contributed by atoms with Gasteiger partial charge in [-0.3, -0.25) is 9.47 Å². The lowest BCUT2D eigenvalue weighted by Crippen LogP contribution is -2.36. The summed E-state index contributed by atoms with van der Waals surface area (Å²) < 4.78 is 13.8. The van der Waals surface area contributed by atoms with Gasteiger partial charge < -0.3 is 9.47 Å². The van der Waals surface area contributed by atoms with E-state index < -0.39 is 0 Å². The van der Waals surface area contributed by atoms with Crippen molar-refractivity contribution in [3.8, 4) is 5.75 Å². The van der Waals surface area contributed by atoms with E-state index in [1.54, 1.807) is 18.8 Å². The van der Waals surface area contributed by atoms with Crippen LogP contribution in [0.15, 0.2) is 47.7 Å². The molecule has 5 rings (SSSR count). The second-order valence-electron chi connectivity index (χ2n) is 8.19. The SMILES string of the molecule is COc1ccc(Cn2c(=O)n3nc[nH+]c3c3cc(CN4CCC(OC)CC4)cnc32)cc1. The van der Waals surface area contributed by atoms with Crippen LogP contribution in [0.25, 0.3) is 16.7 Å². The Morgan fingerprint density at radius 1 is 1.09 bits per heavy atom. The second kappa shape index (κ2) is 8.68. The molecule has 9 heteroatoms. The summed E-state index contributed by atoms with van der Waals surface area (Å²) >= 11 is 0. The molecule has 1 aromatic carbocycles. The quantitative estimate of drug-likeness (QED) is 0.456. The maximum absolute atomic E-state index is 13.2. The molecule has 4 heterocycles. The number of methoxy groups -OCH3 is 2. The molecule has 32 heavy (non-hydrogen) atoms. The van der Waals surface area contributed by atoms with Crippen LogP contribution in [0.1, 0.15) is 24.0 Å². The first kappa shape index (κ1) is 20.6.